The zero-order valence-electron chi connectivity index (χ0n) is 12.3. The van der Waals surface area contributed by atoms with E-state index in [1.807, 2.05) is 25.1 Å². The lowest BCUT2D eigenvalue weighted by Gasteiger charge is -2.19. The molecule has 1 aromatic carbocycles. The molecule has 0 aliphatic carbocycles. The van der Waals surface area contributed by atoms with Gasteiger partial charge in [-0.15, -0.1) is 0 Å². The van der Waals surface area contributed by atoms with Crippen LogP contribution in [-0.2, 0) is 11.2 Å². The maximum Gasteiger partial charge on any atom is 0.260 e. The molecule has 0 aliphatic rings. The number of rotatable bonds is 7. The van der Waals surface area contributed by atoms with Crippen molar-refractivity contribution < 1.29 is 9.53 Å². The quantitative estimate of drug-likeness (QED) is 0.800. The third-order valence-corrected chi connectivity index (χ3v) is 3.69. The first-order valence-electron chi connectivity index (χ1n) is 6.96. The van der Waals surface area contributed by atoms with Crippen molar-refractivity contribution in [3.05, 3.63) is 28.2 Å². The van der Waals surface area contributed by atoms with Gasteiger partial charge in [0.15, 0.2) is 6.10 Å². The van der Waals surface area contributed by atoms with E-state index in [-0.39, 0.29) is 11.9 Å². The van der Waals surface area contributed by atoms with Crippen molar-refractivity contribution in [2.75, 3.05) is 6.54 Å². The van der Waals surface area contributed by atoms with Crippen LogP contribution in [0.2, 0.25) is 0 Å². The molecule has 0 aliphatic heterocycles. The van der Waals surface area contributed by atoms with Crippen LogP contribution in [0.4, 0.5) is 0 Å². The zero-order chi connectivity index (χ0) is 15.1. The number of amides is 1. The molecule has 20 heavy (non-hydrogen) atoms. The van der Waals surface area contributed by atoms with Crippen molar-refractivity contribution in [3.8, 4) is 5.75 Å². The Morgan fingerprint density at radius 2 is 2.15 bits per heavy atom. The van der Waals surface area contributed by atoms with Crippen molar-refractivity contribution in [2.24, 2.45) is 5.73 Å². The Bertz CT molecular complexity index is 451. The van der Waals surface area contributed by atoms with E-state index in [1.54, 1.807) is 6.92 Å². The van der Waals surface area contributed by atoms with Gasteiger partial charge in [0.2, 0.25) is 0 Å². The number of nitrogens with one attached hydrogen (secondary N) is 1. The summed E-state index contributed by atoms with van der Waals surface area (Å²) < 4.78 is 6.66. The molecule has 1 rings (SSSR count). The molecule has 2 unspecified atom stereocenters. The predicted octanol–water partition coefficient (Wildman–Crippen LogP) is 2.63. The number of benzene rings is 1. The second-order valence-electron chi connectivity index (χ2n) is 4.76. The number of hydrogen-bond donors (Lipinski definition) is 2. The average molecular weight is 343 g/mol. The maximum absolute atomic E-state index is 11.8. The highest BCUT2D eigenvalue weighted by Gasteiger charge is 2.18. The van der Waals surface area contributed by atoms with E-state index in [0.29, 0.717) is 12.3 Å². The van der Waals surface area contributed by atoms with Crippen LogP contribution in [0.25, 0.3) is 0 Å². The molecule has 0 spiro atoms. The van der Waals surface area contributed by atoms with Gasteiger partial charge in [-0.25, -0.2) is 0 Å². The fourth-order valence-electron chi connectivity index (χ4n) is 1.82. The molecule has 5 heteroatoms. The molecule has 2 atom stereocenters. The largest absolute Gasteiger partial charge is 0.479 e. The van der Waals surface area contributed by atoms with Crippen LogP contribution < -0.4 is 15.8 Å². The van der Waals surface area contributed by atoms with Crippen LogP contribution in [0.15, 0.2) is 22.7 Å². The summed E-state index contributed by atoms with van der Waals surface area (Å²) >= 11 is 3.48. The number of ether oxygens (including phenoxy) is 1. The first kappa shape index (κ1) is 17.0. The average Bonchev–Trinajstić information content (AvgIpc) is 2.42. The molecule has 3 N–H and O–H groups in total. The Kier molecular flexibility index (Phi) is 7.02. The Labute approximate surface area is 129 Å². The summed E-state index contributed by atoms with van der Waals surface area (Å²) in [4.78, 5) is 11.8. The Hall–Kier alpha value is -1.07. The van der Waals surface area contributed by atoms with Gasteiger partial charge in [0.05, 0.1) is 4.47 Å². The number of likely N-dealkylation sites (N-methyl/N-ethyl adjacent to an activating group) is 1. The summed E-state index contributed by atoms with van der Waals surface area (Å²) in [5.74, 6) is 0.587. The van der Waals surface area contributed by atoms with E-state index in [2.05, 4.69) is 28.2 Å². The normalized spacial score (nSPS) is 13.7. The standard InChI is InChI=1S/C15H23BrN2O2/c1-4-12(17)9-11-7-6-8-13(16)14(11)20-10(3)15(19)18-5-2/h6-8,10,12H,4-5,9,17H2,1-3H3,(H,18,19). The predicted molar refractivity (Wildman–Crippen MR) is 84.9 cm³/mol. The number of para-hydroxylation sites is 1. The second kappa shape index (κ2) is 8.27. The number of carbonyl (C=O) groups excluding carboxylic acids is 1. The zero-order valence-corrected chi connectivity index (χ0v) is 13.9. The van der Waals surface area contributed by atoms with Gasteiger partial charge in [0.1, 0.15) is 5.75 Å². The van der Waals surface area contributed by atoms with Crippen LogP contribution in [0.5, 0.6) is 5.75 Å². The SMILES string of the molecule is CCNC(=O)C(C)Oc1c(Br)cccc1CC(N)CC. The molecule has 0 bridgehead atoms. The molecule has 0 aromatic heterocycles. The minimum Gasteiger partial charge on any atom is -0.479 e. The smallest absolute Gasteiger partial charge is 0.260 e. The summed E-state index contributed by atoms with van der Waals surface area (Å²) in [6, 6.07) is 5.93. The Balaban J connectivity index is 2.89. The van der Waals surface area contributed by atoms with Crippen molar-refractivity contribution >= 4 is 21.8 Å². The fourth-order valence-corrected chi connectivity index (χ4v) is 2.32. The molecule has 1 aromatic rings. The summed E-state index contributed by atoms with van der Waals surface area (Å²) in [6.07, 6.45) is 1.09. The third-order valence-electron chi connectivity index (χ3n) is 3.07. The highest BCUT2D eigenvalue weighted by Crippen LogP contribution is 2.31. The van der Waals surface area contributed by atoms with Crippen molar-refractivity contribution in [3.63, 3.8) is 0 Å². The van der Waals surface area contributed by atoms with Crippen molar-refractivity contribution in [1.82, 2.24) is 5.32 Å². The van der Waals surface area contributed by atoms with Gasteiger partial charge < -0.3 is 15.8 Å². The molecule has 0 saturated heterocycles. The Morgan fingerprint density at radius 1 is 1.45 bits per heavy atom. The lowest BCUT2D eigenvalue weighted by Crippen LogP contribution is -2.36. The molecule has 1 amide bonds. The van der Waals surface area contributed by atoms with Gasteiger partial charge in [0.25, 0.3) is 5.91 Å². The minimum absolute atomic E-state index is 0.0893. The summed E-state index contributed by atoms with van der Waals surface area (Å²) in [5, 5.41) is 2.75. The molecule has 4 nitrogen and oxygen atoms in total. The van der Waals surface area contributed by atoms with Crippen molar-refractivity contribution in [2.45, 2.75) is 45.8 Å². The summed E-state index contributed by atoms with van der Waals surface area (Å²) in [5.41, 5.74) is 7.03. The number of nitrogens with two attached hydrogens (primary N) is 1. The van der Waals surface area contributed by atoms with Crippen molar-refractivity contribution in [1.29, 1.82) is 0 Å². The second-order valence-corrected chi connectivity index (χ2v) is 5.61. The first-order valence-corrected chi connectivity index (χ1v) is 7.76. The van der Waals surface area contributed by atoms with Crippen LogP contribution in [0, 0.1) is 0 Å². The molecular formula is C15H23BrN2O2. The maximum atomic E-state index is 11.8. The topological polar surface area (TPSA) is 64.3 Å². The number of hydrogen-bond acceptors (Lipinski definition) is 3. The molecule has 0 heterocycles. The summed E-state index contributed by atoms with van der Waals surface area (Å²) in [7, 11) is 0. The number of carbonyl (C=O) groups is 1. The van der Waals surface area contributed by atoms with E-state index in [4.69, 9.17) is 10.5 Å². The fraction of sp³-hybridized carbons (Fsp3) is 0.533. The lowest BCUT2D eigenvalue weighted by atomic mass is 10.0. The minimum atomic E-state index is -0.537. The first-order chi connectivity index (χ1) is 9.49. The lowest BCUT2D eigenvalue weighted by molar-refractivity contribution is -0.127. The van der Waals surface area contributed by atoms with E-state index < -0.39 is 6.10 Å². The van der Waals surface area contributed by atoms with Crippen LogP contribution in [0.1, 0.15) is 32.8 Å². The molecule has 0 radical (unpaired) electrons. The molecule has 112 valence electrons. The highest BCUT2D eigenvalue weighted by atomic mass is 79.9. The summed E-state index contributed by atoms with van der Waals surface area (Å²) in [6.45, 7) is 6.28. The van der Waals surface area contributed by atoms with Crippen LogP contribution in [0.3, 0.4) is 0 Å². The van der Waals surface area contributed by atoms with E-state index in [0.717, 1.165) is 22.9 Å². The Morgan fingerprint density at radius 3 is 2.75 bits per heavy atom. The van der Waals surface area contributed by atoms with Crippen LogP contribution in [-0.4, -0.2) is 24.6 Å². The van der Waals surface area contributed by atoms with Crippen LogP contribution >= 0.6 is 15.9 Å². The molecule has 0 fully saturated rings. The van der Waals surface area contributed by atoms with Gasteiger partial charge in [-0.2, -0.15) is 0 Å². The highest BCUT2D eigenvalue weighted by molar-refractivity contribution is 9.10. The van der Waals surface area contributed by atoms with E-state index in [9.17, 15) is 4.79 Å². The van der Waals surface area contributed by atoms with Gasteiger partial charge in [-0.3, -0.25) is 4.79 Å². The van der Waals surface area contributed by atoms with Gasteiger partial charge in [-0.05, 0) is 54.2 Å². The molecular weight excluding hydrogens is 320 g/mol. The van der Waals surface area contributed by atoms with Gasteiger partial charge in [0, 0.05) is 12.6 Å². The van der Waals surface area contributed by atoms with Gasteiger partial charge >= 0.3 is 0 Å². The van der Waals surface area contributed by atoms with E-state index >= 15 is 0 Å². The molecule has 0 saturated carbocycles. The number of halogens is 1. The van der Waals surface area contributed by atoms with E-state index in [1.165, 1.54) is 0 Å². The third kappa shape index (κ3) is 4.80. The van der Waals surface area contributed by atoms with Gasteiger partial charge in [-0.1, -0.05) is 19.1 Å². The monoisotopic (exact) mass is 342 g/mol.